The molecule has 0 saturated carbocycles. The van der Waals surface area contributed by atoms with Gasteiger partial charge in [0, 0.05) is 24.9 Å². The molecule has 0 aliphatic carbocycles. The van der Waals surface area contributed by atoms with Crippen molar-refractivity contribution in [3.63, 3.8) is 0 Å². The Hall–Kier alpha value is -1.73. The maximum Gasteiger partial charge on any atom is 0.225 e. The third-order valence-electron chi connectivity index (χ3n) is 2.50. The zero-order valence-corrected chi connectivity index (χ0v) is 12.4. The second-order valence-corrected chi connectivity index (χ2v) is 5.52. The molecule has 0 fully saturated rings. The largest absolute Gasteiger partial charge is 0.399 e. The van der Waals surface area contributed by atoms with E-state index in [4.69, 9.17) is 17.3 Å². The Balaban J connectivity index is 1.82. The van der Waals surface area contributed by atoms with Crippen LogP contribution in [0.25, 0.3) is 0 Å². The number of anilines is 2. The van der Waals surface area contributed by atoms with Crippen LogP contribution < -0.4 is 11.1 Å². The van der Waals surface area contributed by atoms with Gasteiger partial charge in [0.15, 0.2) is 5.16 Å². The third kappa shape index (κ3) is 3.88. The van der Waals surface area contributed by atoms with Crippen LogP contribution in [0.5, 0.6) is 0 Å². The molecule has 0 radical (unpaired) electrons. The van der Waals surface area contributed by atoms with E-state index in [1.54, 1.807) is 22.9 Å². The fraction of sp³-hybridized carbons (Fsp3) is 0.250. The van der Waals surface area contributed by atoms with E-state index in [2.05, 4.69) is 15.4 Å². The molecule has 2 rings (SSSR count). The van der Waals surface area contributed by atoms with Gasteiger partial charge in [0.1, 0.15) is 6.33 Å². The van der Waals surface area contributed by atoms with E-state index in [0.29, 0.717) is 28.6 Å². The molecular weight excluding hydrogens is 298 g/mol. The first-order valence-corrected chi connectivity index (χ1v) is 7.24. The van der Waals surface area contributed by atoms with E-state index in [0.717, 1.165) is 5.16 Å². The Labute approximate surface area is 125 Å². The molecule has 0 spiro atoms. The lowest BCUT2D eigenvalue weighted by molar-refractivity contribution is -0.115. The standard InChI is InChI=1S/C12H14ClN5OS/c1-18-12(15-7-16-18)20-5-4-11(19)17-10-3-2-8(14)6-9(10)13/h2-3,6-7H,4-5,14H2,1H3,(H,17,19). The molecule has 0 saturated heterocycles. The highest BCUT2D eigenvalue weighted by molar-refractivity contribution is 7.99. The number of nitrogens with one attached hydrogen (secondary N) is 1. The van der Waals surface area contributed by atoms with Crippen LogP contribution in [0.3, 0.4) is 0 Å². The van der Waals surface area contributed by atoms with Crippen molar-refractivity contribution < 1.29 is 4.79 Å². The van der Waals surface area contributed by atoms with E-state index in [-0.39, 0.29) is 5.91 Å². The highest BCUT2D eigenvalue weighted by Crippen LogP contribution is 2.24. The summed E-state index contributed by atoms with van der Waals surface area (Å²) >= 11 is 7.46. The minimum Gasteiger partial charge on any atom is -0.399 e. The molecule has 1 aromatic heterocycles. The number of carbonyl (C=O) groups excluding carboxylic acids is 1. The normalized spacial score (nSPS) is 10.5. The van der Waals surface area contributed by atoms with Crippen LogP contribution >= 0.6 is 23.4 Å². The Morgan fingerprint density at radius 3 is 3.00 bits per heavy atom. The van der Waals surface area contributed by atoms with Crippen LogP contribution in [-0.2, 0) is 11.8 Å². The SMILES string of the molecule is Cn1ncnc1SCCC(=O)Nc1ccc(N)cc1Cl. The molecule has 1 aromatic carbocycles. The van der Waals surface area contributed by atoms with Crippen molar-refractivity contribution in [3.05, 3.63) is 29.5 Å². The monoisotopic (exact) mass is 311 g/mol. The lowest BCUT2D eigenvalue weighted by atomic mass is 10.3. The molecule has 0 unspecified atom stereocenters. The maximum atomic E-state index is 11.8. The Morgan fingerprint density at radius 2 is 2.35 bits per heavy atom. The predicted octanol–water partition coefficient (Wildman–Crippen LogP) is 2.17. The molecule has 3 N–H and O–H groups in total. The van der Waals surface area contributed by atoms with Gasteiger partial charge in [-0.05, 0) is 18.2 Å². The number of nitrogen functional groups attached to an aromatic ring is 1. The van der Waals surface area contributed by atoms with Crippen LogP contribution in [-0.4, -0.2) is 26.4 Å². The lowest BCUT2D eigenvalue weighted by Crippen LogP contribution is -2.12. The van der Waals surface area contributed by atoms with Crippen molar-refractivity contribution in [2.24, 2.45) is 7.05 Å². The maximum absolute atomic E-state index is 11.8. The van der Waals surface area contributed by atoms with Crippen LogP contribution in [0, 0.1) is 0 Å². The summed E-state index contributed by atoms with van der Waals surface area (Å²) in [7, 11) is 1.81. The molecule has 20 heavy (non-hydrogen) atoms. The Morgan fingerprint density at radius 1 is 1.55 bits per heavy atom. The van der Waals surface area contributed by atoms with E-state index < -0.39 is 0 Å². The van der Waals surface area contributed by atoms with Crippen LogP contribution in [0.15, 0.2) is 29.7 Å². The van der Waals surface area contributed by atoms with Gasteiger partial charge in [-0.1, -0.05) is 23.4 Å². The average molecular weight is 312 g/mol. The molecule has 8 heteroatoms. The van der Waals surface area contributed by atoms with Gasteiger partial charge in [0.2, 0.25) is 5.91 Å². The first-order chi connectivity index (χ1) is 9.56. The molecule has 1 heterocycles. The van der Waals surface area contributed by atoms with Gasteiger partial charge in [-0.25, -0.2) is 9.67 Å². The molecule has 0 aliphatic heterocycles. The number of hydrogen-bond acceptors (Lipinski definition) is 5. The van der Waals surface area contributed by atoms with Crippen molar-refractivity contribution in [3.8, 4) is 0 Å². The highest BCUT2D eigenvalue weighted by Gasteiger charge is 2.08. The summed E-state index contributed by atoms with van der Waals surface area (Å²) in [4.78, 5) is 15.9. The predicted molar refractivity (Wildman–Crippen MR) is 80.8 cm³/mol. The number of halogens is 1. The molecule has 1 amide bonds. The van der Waals surface area contributed by atoms with Crippen LogP contribution in [0.4, 0.5) is 11.4 Å². The first kappa shape index (κ1) is 14.7. The molecule has 106 valence electrons. The van der Waals surface area contributed by atoms with Gasteiger partial charge in [0.25, 0.3) is 0 Å². The molecule has 2 aromatic rings. The smallest absolute Gasteiger partial charge is 0.225 e. The minimum absolute atomic E-state index is 0.105. The Bertz CT molecular complexity index is 616. The number of aryl methyl sites for hydroxylation is 1. The number of benzene rings is 1. The van der Waals surface area contributed by atoms with Gasteiger partial charge in [-0.15, -0.1) is 0 Å². The molecule has 0 atom stereocenters. The number of carbonyl (C=O) groups is 1. The van der Waals surface area contributed by atoms with Gasteiger partial charge < -0.3 is 11.1 Å². The van der Waals surface area contributed by atoms with E-state index >= 15 is 0 Å². The lowest BCUT2D eigenvalue weighted by Gasteiger charge is -2.07. The zero-order chi connectivity index (χ0) is 14.5. The van der Waals surface area contributed by atoms with E-state index in [1.165, 1.54) is 18.1 Å². The average Bonchev–Trinajstić information content (AvgIpc) is 2.79. The fourth-order valence-electron chi connectivity index (χ4n) is 1.50. The second-order valence-electron chi connectivity index (χ2n) is 4.05. The van der Waals surface area contributed by atoms with Gasteiger partial charge in [-0.3, -0.25) is 4.79 Å². The summed E-state index contributed by atoms with van der Waals surface area (Å²) in [6.45, 7) is 0. The fourth-order valence-corrected chi connectivity index (χ4v) is 2.56. The molecule has 0 bridgehead atoms. The second kappa shape index (κ2) is 6.62. The van der Waals surface area contributed by atoms with Crippen LogP contribution in [0.2, 0.25) is 5.02 Å². The topological polar surface area (TPSA) is 85.8 Å². The molecular formula is C12H14ClN5OS. The number of rotatable bonds is 5. The first-order valence-electron chi connectivity index (χ1n) is 5.88. The summed E-state index contributed by atoms with van der Waals surface area (Å²) < 4.78 is 1.67. The van der Waals surface area contributed by atoms with E-state index in [1.807, 2.05) is 7.05 Å². The number of hydrogen-bond donors (Lipinski definition) is 2. The van der Waals surface area contributed by atoms with Gasteiger partial charge in [0.05, 0.1) is 10.7 Å². The number of thioether (sulfide) groups is 1. The number of nitrogens with zero attached hydrogens (tertiary/aromatic N) is 3. The molecule has 0 aliphatic rings. The van der Waals surface area contributed by atoms with Crippen molar-refractivity contribution in [1.82, 2.24) is 14.8 Å². The minimum atomic E-state index is -0.105. The summed E-state index contributed by atoms with van der Waals surface area (Å²) in [5, 5.41) is 7.92. The van der Waals surface area contributed by atoms with E-state index in [9.17, 15) is 4.79 Å². The summed E-state index contributed by atoms with van der Waals surface area (Å²) in [5.74, 6) is 0.511. The van der Waals surface area contributed by atoms with Crippen molar-refractivity contribution >= 4 is 40.6 Å². The summed E-state index contributed by atoms with van der Waals surface area (Å²) in [6.07, 6.45) is 1.84. The quantitative estimate of drug-likeness (QED) is 0.653. The summed E-state index contributed by atoms with van der Waals surface area (Å²) in [5.41, 5.74) is 6.72. The molecule has 6 nitrogen and oxygen atoms in total. The van der Waals surface area contributed by atoms with Crippen molar-refractivity contribution in [2.75, 3.05) is 16.8 Å². The number of aromatic nitrogens is 3. The van der Waals surface area contributed by atoms with Gasteiger partial charge >= 0.3 is 0 Å². The van der Waals surface area contributed by atoms with Crippen LogP contribution in [0.1, 0.15) is 6.42 Å². The Kier molecular flexibility index (Phi) is 4.86. The van der Waals surface area contributed by atoms with Crippen molar-refractivity contribution in [2.45, 2.75) is 11.6 Å². The third-order valence-corrected chi connectivity index (χ3v) is 3.85. The number of nitrogens with two attached hydrogens (primary N) is 1. The summed E-state index contributed by atoms with van der Waals surface area (Å²) in [6, 6.07) is 4.98. The van der Waals surface area contributed by atoms with Crippen molar-refractivity contribution in [1.29, 1.82) is 0 Å². The zero-order valence-electron chi connectivity index (χ0n) is 10.8. The highest BCUT2D eigenvalue weighted by atomic mass is 35.5. The number of amides is 1. The van der Waals surface area contributed by atoms with Gasteiger partial charge in [-0.2, -0.15) is 5.10 Å².